The molecule has 5 heteroatoms. The zero-order valence-corrected chi connectivity index (χ0v) is 12.2. The van der Waals surface area contributed by atoms with Crippen molar-refractivity contribution in [3.05, 3.63) is 0 Å². The number of esters is 1. The van der Waals surface area contributed by atoms with E-state index in [0.29, 0.717) is 0 Å². The van der Waals surface area contributed by atoms with Crippen LogP contribution in [0.2, 0.25) is 0 Å². The zero-order valence-electron chi connectivity index (χ0n) is 12.2. The molecule has 18 heavy (non-hydrogen) atoms. The zero-order chi connectivity index (χ0) is 13.6. The molecule has 0 saturated carbocycles. The Morgan fingerprint density at radius 1 is 1.39 bits per heavy atom. The molecular weight excluding hydrogens is 230 g/mol. The van der Waals surface area contributed by atoms with Crippen molar-refractivity contribution in [2.24, 2.45) is 0 Å². The van der Waals surface area contributed by atoms with Gasteiger partial charge in [0.1, 0.15) is 5.54 Å². The first-order valence-corrected chi connectivity index (χ1v) is 6.67. The Hall–Kier alpha value is -0.650. The summed E-state index contributed by atoms with van der Waals surface area (Å²) in [5.74, 6) is -0.114. The minimum atomic E-state index is -0.491. The second kappa shape index (κ2) is 7.07. The van der Waals surface area contributed by atoms with E-state index in [1.807, 2.05) is 14.1 Å². The number of hydrogen-bond donors (Lipinski definition) is 1. The highest BCUT2D eigenvalue weighted by atomic mass is 16.5. The molecule has 1 aliphatic heterocycles. The van der Waals surface area contributed by atoms with E-state index in [0.717, 1.165) is 45.4 Å². The van der Waals surface area contributed by atoms with Gasteiger partial charge in [0.2, 0.25) is 0 Å². The Kier molecular flexibility index (Phi) is 6.05. The lowest BCUT2D eigenvalue weighted by Gasteiger charge is -2.31. The van der Waals surface area contributed by atoms with Crippen LogP contribution in [0.1, 0.15) is 19.3 Å². The molecule has 5 nitrogen and oxygen atoms in total. The lowest BCUT2D eigenvalue weighted by molar-refractivity contribution is -0.149. The molecule has 1 heterocycles. The van der Waals surface area contributed by atoms with E-state index in [1.165, 1.54) is 7.11 Å². The monoisotopic (exact) mass is 257 g/mol. The number of carbonyl (C=O) groups excluding carboxylic acids is 1. The molecule has 1 atom stereocenters. The van der Waals surface area contributed by atoms with Gasteiger partial charge in [0.05, 0.1) is 7.11 Å². The first-order valence-electron chi connectivity index (χ1n) is 6.67. The lowest BCUT2D eigenvalue weighted by atomic mass is 9.90. The third-order valence-electron chi connectivity index (χ3n) is 3.66. The molecule has 1 rings (SSSR count). The molecule has 1 N–H and O–H groups in total. The average Bonchev–Trinajstić information content (AvgIpc) is 2.51. The van der Waals surface area contributed by atoms with Gasteiger partial charge in [-0.25, -0.2) is 0 Å². The summed E-state index contributed by atoms with van der Waals surface area (Å²) in [6, 6.07) is 0. The molecule has 1 aliphatic rings. The van der Waals surface area contributed by atoms with Crippen LogP contribution < -0.4 is 5.32 Å². The minimum Gasteiger partial charge on any atom is -0.468 e. The van der Waals surface area contributed by atoms with E-state index >= 15 is 0 Å². The third kappa shape index (κ3) is 4.23. The highest BCUT2D eigenvalue weighted by Crippen LogP contribution is 2.23. The van der Waals surface area contributed by atoms with Crippen LogP contribution in [-0.4, -0.2) is 75.7 Å². The fraction of sp³-hybridized carbons (Fsp3) is 0.923. The van der Waals surface area contributed by atoms with E-state index in [-0.39, 0.29) is 5.97 Å². The van der Waals surface area contributed by atoms with Crippen LogP contribution in [0, 0.1) is 0 Å². The molecule has 0 aromatic heterocycles. The highest BCUT2D eigenvalue weighted by molar-refractivity contribution is 5.80. The maximum Gasteiger partial charge on any atom is 0.326 e. The molecular formula is C13H27N3O2. The van der Waals surface area contributed by atoms with Gasteiger partial charge in [-0.2, -0.15) is 0 Å². The van der Waals surface area contributed by atoms with E-state index in [2.05, 4.69) is 22.2 Å². The summed E-state index contributed by atoms with van der Waals surface area (Å²) < 4.78 is 5.01. The topological polar surface area (TPSA) is 44.8 Å². The first kappa shape index (κ1) is 15.4. The quantitative estimate of drug-likeness (QED) is 0.711. The molecule has 1 saturated heterocycles. The molecule has 0 radical (unpaired) electrons. The summed E-state index contributed by atoms with van der Waals surface area (Å²) in [6.07, 6.45) is 2.71. The molecule has 0 bridgehead atoms. The van der Waals surface area contributed by atoms with Crippen molar-refractivity contribution in [1.82, 2.24) is 15.1 Å². The second-order valence-corrected chi connectivity index (χ2v) is 5.46. The van der Waals surface area contributed by atoms with Gasteiger partial charge < -0.3 is 19.9 Å². The van der Waals surface area contributed by atoms with Crippen molar-refractivity contribution >= 4 is 5.97 Å². The number of rotatable bonds is 5. The van der Waals surface area contributed by atoms with Crippen LogP contribution in [0.5, 0.6) is 0 Å². The predicted molar refractivity (Wildman–Crippen MR) is 72.7 cm³/mol. The van der Waals surface area contributed by atoms with Crippen LogP contribution in [0.15, 0.2) is 0 Å². The van der Waals surface area contributed by atoms with Crippen LogP contribution in [0.4, 0.5) is 0 Å². The molecule has 106 valence electrons. The van der Waals surface area contributed by atoms with E-state index in [1.54, 1.807) is 0 Å². The number of nitrogens with one attached hydrogen (secondary N) is 1. The summed E-state index contributed by atoms with van der Waals surface area (Å²) in [4.78, 5) is 16.5. The number of hydrogen-bond acceptors (Lipinski definition) is 5. The van der Waals surface area contributed by atoms with Gasteiger partial charge in [-0.1, -0.05) is 0 Å². The van der Waals surface area contributed by atoms with Crippen LogP contribution in [-0.2, 0) is 9.53 Å². The minimum absolute atomic E-state index is 0.114. The smallest absolute Gasteiger partial charge is 0.326 e. The number of ether oxygens (including phenoxy) is 1. The van der Waals surface area contributed by atoms with Crippen molar-refractivity contribution in [2.75, 3.05) is 54.4 Å². The number of likely N-dealkylation sites (N-methyl/N-ethyl adjacent to an activating group) is 1. The van der Waals surface area contributed by atoms with Crippen molar-refractivity contribution in [3.63, 3.8) is 0 Å². The molecule has 0 amide bonds. The highest BCUT2D eigenvalue weighted by Gasteiger charge is 2.39. The van der Waals surface area contributed by atoms with Gasteiger partial charge in [0.15, 0.2) is 0 Å². The Morgan fingerprint density at radius 2 is 2.11 bits per heavy atom. The van der Waals surface area contributed by atoms with Gasteiger partial charge in [-0.3, -0.25) is 4.79 Å². The maximum atomic E-state index is 12.1. The van der Waals surface area contributed by atoms with Gasteiger partial charge in [0, 0.05) is 19.6 Å². The summed E-state index contributed by atoms with van der Waals surface area (Å²) in [7, 11) is 7.65. The van der Waals surface area contributed by atoms with Gasteiger partial charge in [-0.15, -0.1) is 0 Å². The molecule has 0 aliphatic carbocycles. The fourth-order valence-corrected chi connectivity index (χ4v) is 2.44. The predicted octanol–water partition coefficient (Wildman–Crippen LogP) is 0.165. The molecule has 1 fully saturated rings. The number of likely N-dealkylation sites (tertiary alicyclic amines) is 1. The Balaban J connectivity index is 2.65. The summed E-state index contributed by atoms with van der Waals surface area (Å²) in [6.45, 7) is 3.72. The van der Waals surface area contributed by atoms with E-state index < -0.39 is 5.54 Å². The van der Waals surface area contributed by atoms with E-state index in [9.17, 15) is 4.79 Å². The van der Waals surface area contributed by atoms with Gasteiger partial charge in [0.25, 0.3) is 0 Å². The second-order valence-electron chi connectivity index (χ2n) is 5.46. The largest absolute Gasteiger partial charge is 0.468 e. The van der Waals surface area contributed by atoms with Crippen molar-refractivity contribution in [2.45, 2.75) is 24.8 Å². The molecule has 0 aromatic rings. The normalized spacial score (nSPS) is 26.1. The Bertz CT molecular complexity index is 271. The average molecular weight is 257 g/mol. The number of carbonyl (C=O) groups is 1. The summed E-state index contributed by atoms with van der Waals surface area (Å²) in [5.41, 5.74) is -0.491. The Labute approximate surface area is 110 Å². The fourth-order valence-electron chi connectivity index (χ4n) is 2.44. The molecule has 0 spiro atoms. The third-order valence-corrected chi connectivity index (χ3v) is 3.66. The standard InChI is InChI=1S/C13H27N3O2/c1-15(2)11-8-14-13(12(17)18-4)6-5-9-16(3)10-7-13/h14H,5-11H2,1-4H3. The summed E-state index contributed by atoms with van der Waals surface area (Å²) in [5, 5.41) is 3.43. The van der Waals surface area contributed by atoms with Gasteiger partial charge in [-0.05, 0) is 47.0 Å². The first-order chi connectivity index (χ1) is 8.50. The molecule has 1 unspecified atom stereocenters. The SMILES string of the molecule is COC(=O)C1(NCCN(C)C)CCCN(C)CC1. The van der Waals surface area contributed by atoms with Crippen molar-refractivity contribution in [3.8, 4) is 0 Å². The van der Waals surface area contributed by atoms with Gasteiger partial charge >= 0.3 is 5.97 Å². The number of methoxy groups -OCH3 is 1. The summed E-state index contributed by atoms with van der Waals surface area (Å²) >= 11 is 0. The molecule has 0 aromatic carbocycles. The van der Waals surface area contributed by atoms with E-state index in [4.69, 9.17) is 4.74 Å². The number of nitrogens with zero attached hydrogens (tertiary/aromatic N) is 2. The maximum absolute atomic E-state index is 12.1. The van der Waals surface area contributed by atoms with Crippen LogP contribution in [0.25, 0.3) is 0 Å². The van der Waals surface area contributed by atoms with Crippen LogP contribution in [0.3, 0.4) is 0 Å². The van der Waals surface area contributed by atoms with Crippen molar-refractivity contribution in [1.29, 1.82) is 0 Å². The lowest BCUT2D eigenvalue weighted by Crippen LogP contribution is -2.54. The van der Waals surface area contributed by atoms with Crippen molar-refractivity contribution < 1.29 is 9.53 Å². The Morgan fingerprint density at radius 3 is 2.72 bits per heavy atom. The van der Waals surface area contributed by atoms with Crippen LogP contribution >= 0.6 is 0 Å².